The number of nitriles is 1. The lowest BCUT2D eigenvalue weighted by atomic mass is 9.99. The lowest BCUT2D eigenvalue weighted by molar-refractivity contribution is -0.122. The molecule has 0 atom stereocenters. The van der Waals surface area contributed by atoms with Gasteiger partial charge in [0.15, 0.2) is 5.78 Å². The second-order valence-corrected chi connectivity index (χ2v) is 10.9. The van der Waals surface area contributed by atoms with Gasteiger partial charge in [0.1, 0.15) is 21.8 Å². The van der Waals surface area contributed by atoms with Crippen molar-refractivity contribution >= 4 is 57.7 Å². The Balaban J connectivity index is 1.50. The highest BCUT2D eigenvalue weighted by Gasteiger charge is 2.32. The van der Waals surface area contributed by atoms with Crippen LogP contribution in [-0.2, 0) is 11.3 Å². The molecule has 2 heterocycles. The van der Waals surface area contributed by atoms with Gasteiger partial charge in [-0.25, -0.2) is 4.39 Å². The minimum atomic E-state index is -0.751. The Hall–Kier alpha value is -3.78. The third kappa shape index (κ3) is 6.11. The number of hydrogen-bond acceptors (Lipinski definition) is 7. The SMILES string of the molecule is Cc1c(C(=O)CCCN2C(=O)/C(=C/c3ccc(Cl)cc3)SC2=S)c(O)n(Cc2ccc(F)cc2)c(=O)c1C#N. The number of aromatic nitrogens is 1. The quantitative estimate of drug-likeness (QED) is 0.215. The Morgan fingerprint density at radius 3 is 2.49 bits per heavy atom. The van der Waals surface area contributed by atoms with Gasteiger partial charge in [0.05, 0.1) is 17.0 Å². The number of aromatic hydroxyl groups is 1. The second-order valence-electron chi connectivity index (χ2n) is 8.74. The molecule has 1 N–H and O–H groups in total. The highest BCUT2D eigenvalue weighted by atomic mass is 35.5. The summed E-state index contributed by atoms with van der Waals surface area (Å²) in [5.41, 5.74) is 0.227. The molecule has 0 spiro atoms. The number of carbonyl (C=O) groups is 2. The molecule has 1 aromatic heterocycles. The number of Topliss-reactive ketones (excluding diaryl/α,β-unsaturated/α-hetero) is 1. The van der Waals surface area contributed by atoms with Crippen molar-refractivity contribution in [2.24, 2.45) is 0 Å². The molecule has 1 fully saturated rings. The topological polar surface area (TPSA) is 103 Å². The number of ketones is 1. The molecule has 1 amide bonds. The predicted molar refractivity (Wildman–Crippen MR) is 152 cm³/mol. The van der Waals surface area contributed by atoms with Crippen LogP contribution in [0, 0.1) is 24.1 Å². The summed E-state index contributed by atoms with van der Waals surface area (Å²) in [6.07, 6.45) is 1.88. The average molecular weight is 582 g/mol. The van der Waals surface area contributed by atoms with Gasteiger partial charge < -0.3 is 5.11 Å². The van der Waals surface area contributed by atoms with Gasteiger partial charge in [-0.1, -0.05) is 59.8 Å². The number of thiocarbonyl (C=S) groups is 1. The zero-order valence-electron chi connectivity index (χ0n) is 20.6. The first-order valence-electron chi connectivity index (χ1n) is 11.8. The number of carbonyl (C=O) groups excluding carboxylic acids is 2. The van der Waals surface area contributed by atoms with Crippen LogP contribution < -0.4 is 5.56 Å². The van der Waals surface area contributed by atoms with Gasteiger partial charge in [-0.2, -0.15) is 5.26 Å². The van der Waals surface area contributed by atoms with Gasteiger partial charge in [-0.15, -0.1) is 0 Å². The Morgan fingerprint density at radius 1 is 1.18 bits per heavy atom. The fraction of sp³-hybridized carbons (Fsp3) is 0.179. The summed E-state index contributed by atoms with van der Waals surface area (Å²) in [5, 5.41) is 21.0. The van der Waals surface area contributed by atoms with Crippen LogP contribution in [0.15, 0.2) is 58.2 Å². The number of amides is 1. The van der Waals surface area contributed by atoms with E-state index in [-0.39, 0.29) is 48.5 Å². The highest BCUT2D eigenvalue weighted by Crippen LogP contribution is 2.33. The lowest BCUT2D eigenvalue weighted by Crippen LogP contribution is -2.30. The van der Waals surface area contributed by atoms with Crippen LogP contribution >= 0.6 is 35.6 Å². The van der Waals surface area contributed by atoms with Gasteiger partial charge in [-0.3, -0.25) is 23.9 Å². The minimum absolute atomic E-state index is 0.0681. The summed E-state index contributed by atoms with van der Waals surface area (Å²) >= 11 is 12.4. The van der Waals surface area contributed by atoms with Crippen molar-refractivity contribution in [3.05, 3.63) is 102 Å². The van der Waals surface area contributed by atoms with Gasteiger partial charge in [0.25, 0.3) is 11.5 Å². The third-order valence-electron chi connectivity index (χ3n) is 6.16. The highest BCUT2D eigenvalue weighted by molar-refractivity contribution is 8.26. The number of pyridine rings is 1. The molecule has 1 saturated heterocycles. The molecule has 11 heteroatoms. The normalized spacial score (nSPS) is 14.2. The summed E-state index contributed by atoms with van der Waals surface area (Å²) in [7, 11) is 0. The van der Waals surface area contributed by atoms with E-state index in [4.69, 9.17) is 23.8 Å². The molecular formula is C28H21ClFN3O4S2. The number of halogens is 2. The Kier molecular flexibility index (Phi) is 8.65. The minimum Gasteiger partial charge on any atom is -0.494 e. The van der Waals surface area contributed by atoms with Crippen molar-refractivity contribution in [3.8, 4) is 11.9 Å². The standard InChI is InChI=1S/C28H21ClFN3O4S2/c1-16-21(14-31)25(35)33(15-18-6-10-20(30)11-7-18)27(37)24(16)22(34)3-2-12-32-26(36)23(39-28(32)38)13-17-4-8-19(29)9-5-17/h4-11,13,37H,2-3,12,15H2,1H3/b23-13-. The molecule has 198 valence electrons. The van der Waals surface area contributed by atoms with E-state index >= 15 is 0 Å². The molecule has 7 nitrogen and oxygen atoms in total. The summed E-state index contributed by atoms with van der Waals surface area (Å²) in [6.45, 7) is 1.45. The number of nitrogens with zero attached hydrogens (tertiary/aromatic N) is 3. The van der Waals surface area contributed by atoms with E-state index in [0.29, 0.717) is 19.8 Å². The van der Waals surface area contributed by atoms with Crippen LogP contribution in [0.5, 0.6) is 5.88 Å². The second kappa shape index (κ2) is 11.9. The largest absolute Gasteiger partial charge is 0.494 e. The van der Waals surface area contributed by atoms with E-state index in [0.717, 1.165) is 21.9 Å². The fourth-order valence-electron chi connectivity index (χ4n) is 4.13. The fourth-order valence-corrected chi connectivity index (χ4v) is 5.56. The summed E-state index contributed by atoms with van der Waals surface area (Å²) in [5.74, 6) is -1.79. The number of hydrogen-bond donors (Lipinski definition) is 1. The van der Waals surface area contributed by atoms with Crippen molar-refractivity contribution in [2.75, 3.05) is 6.54 Å². The van der Waals surface area contributed by atoms with Crippen LogP contribution in [0.1, 0.15) is 45.5 Å². The molecule has 4 rings (SSSR count). The maximum atomic E-state index is 13.3. The predicted octanol–water partition coefficient (Wildman–Crippen LogP) is 5.44. The Bertz CT molecular complexity index is 1610. The number of thioether (sulfide) groups is 1. The zero-order chi connectivity index (χ0) is 28.3. The molecule has 39 heavy (non-hydrogen) atoms. The maximum Gasteiger partial charge on any atom is 0.271 e. The van der Waals surface area contributed by atoms with Crippen molar-refractivity contribution in [1.82, 2.24) is 9.47 Å². The lowest BCUT2D eigenvalue weighted by Gasteiger charge is -2.17. The average Bonchev–Trinajstić information content (AvgIpc) is 3.16. The molecule has 0 unspecified atom stereocenters. The van der Waals surface area contributed by atoms with Gasteiger partial charge in [0, 0.05) is 18.0 Å². The van der Waals surface area contributed by atoms with Crippen molar-refractivity contribution in [2.45, 2.75) is 26.3 Å². The molecule has 0 bridgehead atoms. The van der Waals surface area contributed by atoms with Gasteiger partial charge in [-0.05, 0) is 60.4 Å². The van der Waals surface area contributed by atoms with E-state index in [2.05, 4.69) is 0 Å². The molecular weight excluding hydrogens is 561 g/mol. The Morgan fingerprint density at radius 2 is 1.85 bits per heavy atom. The monoisotopic (exact) mass is 581 g/mol. The summed E-state index contributed by atoms with van der Waals surface area (Å²) < 4.78 is 14.6. The zero-order valence-corrected chi connectivity index (χ0v) is 23.0. The Labute approximate surface area is 238 Å². The molecule has 2 aromatic carbocycles. The van der Waals surface area contributed by atoms with Crippen molar-refractivity contribution in [1.29, 1.82) is 5.26 Å². The van der Waals surface area contributed by atoms with E-state index in [9.17, 15) is 29.1 Å². The molecule has 1 aliphatic rings. The summed E-state index contributed by atoms with van der Waals surface area (Å²) in [4.78, 5) is 40.8. The van der Waals surface area contributed by atoms with Crippen molar-refractivity contribution < 1.29 is 19.1 Å². The van der Waals surface area contributed by atoms with Crippen LogP contribution in [0.25, 0.3) is 6.08 Å². The first kappa shape index (κ1) is 28.2. The maximum absolute atomic E-state index is 13.3. The first-order valence-corrected chi connectivity index (χ1v) is 13.4. The number of rotatable bonds is 8. The molecule has 0 aliphatic carbocycles. The van der Waals surface area contributed by atoms with Gasteiger partial charge in [0.2, 0.25) is 5.88 Å². The van der Waals surface area contributed by atoms with Crippen LogP contribution in [0.3, 0.4) is 0 Å². The van der Waals surface area contributed by atoms with Crippen LogP contribution in [-0.4, -0.2) is 37.1 Å². The van der Waals surface area contributed by atoms with Gasteiger partial charge >= 0.3 is 0 Å². The first-order chi connectivity index (χ1) is 18.6. The molecule has 3 aromatic rings. The van der Waals surface area contributed by atoms with E-state index < -0.39 is 23.0 Å². The summed E-state index contributed by atoms with van der Waals surface area (Å²) in [6, 6.07) is 14.1. The van der Waals surface area contributed by atoms with Crippen molar-refractivity contribution in [3.63, 3.8) is 0 Å². The molecule has 0 radical (unpaired) electrons. The van der Waals surface area contributed by atoms with E-state index in [1.165, 1.54) is 36.1 Å². The molecule has 0 saturated carbocycles. The van der Waals surface area contributed by atoms with Crippen LogP contribution in [0.2, 0.25) is 5.02 Å². The van der Waals surface area contributed by atoms with Crippen LogP contribution in [0.4, 0.5) is 4.39 Å². The smallest absolute Gasteiger partial charge is 0.271 e. The molecule has 1 aliphatic heterocycles. The van der Waals surface area contributed by atoms with E-state index in [1.807, 2.05) is 6.07 Å². The van der Waals surface area contributed by atoms with E-state index in [1.54, 1.807) is 30.3 Å². The number of benzene rings is 2. The third-order valence-corrected chi connectivity index (χ3v) is 7.79.